The summed E-state index contributed by atoms with van der Waals surface area (Å²) < 4.78 is 20.1. The van der Waals surface area contributed by atoms with Gasteiger partial charge >= 0.3 is 5.97 Å². The highest BCUT2D eigenvalue weighted by Gasteiger charge is 2.35. The van der Waals surface area contributed by atoms with Crippen molar-refractivity contribution in [2.75, 3.05) is 13.1 Å². The number of carboxylic acids is 1. The molecule has 0 saturated carbocycles. The van der Waals surface area contributed by atoms with Gasteiger partial charge in [-0.05, 0) is 65.9 Å². The zero-order valence-corrected chi connectivity index (χ0v) is 21.3. The number of carbonyl (C=O) groups is 2. The lowest BCUT2D eigenvalue weighted by atomic mass is 9.91. The van der Waals surface area contributed by atoms with Gasteiger partial charge in [-0.3, -0.25) is 9.59 Å². The van der Waals surface area contributed by atoms with Gasteiger partial charge in [0, 0.05) is 24.4 Å². The minimum Gasteiger partial charge on any atom is -0.487 e. The zero-order valence-electron chi connectivity index (χ0n) is 19.8. The molecule has 0 bridgehead atoms. The van der Waals surface area contributed by atoms with E-state index < -0.39 is 17.4 Å². The standard InChI is InChI=1S/C28H26Cl2FNO4/c1-28(15-20-5-7-23(30)24(31)13-20)16-21-11-19(6-8-25(21)36-28)14-26(33)32(17-27(34)35)10-9-18-3-2-4-22(29)12-18/h2-8,11-13H,9-10,14-17H2,1H3,(H,34,35). The van der Waals surface area contributed by atoms with Crippen LogP contribution in [0.4, 0.5) is 4.39 Å². The first-order chi connectivity index (χ1) is 17.1. The average molecular weight is 530 g/mol. The molecule has 0 saturated heterocycles. The Labute approximate surface area is 219 Å². The molecule has 3 aromatic rings. The Balaban J connectivity index is 1.42. The van der Waals surface area contributed by atoms with Crippen LogP contribution in [0.25, 0.3) is 0 Å². The fourth-order valence-corrected chi connectivity index (χ4v) is 4.89. The van der Waals surface area contributed by atoms with Gasteiger partial charge in [0.05, 0.1) is 11.4 Å². The van der Waals surface area contributed by atoms with Crippen molar-refractivity contribution in [1.82, 2.24) is 4.90 Å². The van der Waals surface area contributed by atoms with Crippen molar-refractivity contribution in [3.63, 3.8) is 0 Å². The summed E-state index contributed by atoms with van der Waals surface area (Å²) in [5.41, 5.74) is 2.90. The zero-order chi connectivity index (χ0) is 25.9. The van der Waals surface area contributed by atoms with Gasteiger partial charge in [-0.25, -0.2) is 4.39 Å². The van der Waals surface area contributed by atoms with Crippen molar-refractivity contribution < 1.29 is 23.8 Å². The molecule has 3 aromatic carbocycles. The van der Waals surface area contributed by atoms with Crippen LogP contribution in [0.15, 0.2) is 60.7 Å². The number of hydrogen-bond donors (Lipinski definition) is 1. The van der Waals surface area contributed by atoms with E-state index in [9.17, 15) is 19.1 Å². The molecule has 1 aliphatic rings. The Morgan fingerprint density at radius 1 is 1.06 bits per heavy atom. The van der Waals surface area contributed by atoms with Gasteiger partial charge in [0.1, 0.15) is 23.7 Å². The lowest BCUT2D eigenvalue weighted by Gasteiger charge is -2.24. The number of rotatable bonds is 9. The highest BCUT2D eigenvalue weighted by molar-refractivity contribution is 6.31. The van der Waals surface area contributed by atoms with Crippen LogP contribution in [0.2, 0.25) is 10.0 Å². The third kappa shape index (κ3) is 6.56. The lowest BCUT2D eigenvalue weighted by Crippen LogP contribution is -2.38. The van der Waals surface area contributed by atoms with E-state index in [-0.39, 0.29) is 30.4 Å². The van der Waals surface area contributed by atoms with Crippen molar-refractivity contribution in [2.45, 2.75) is 38.2 Å². The van der Waals surface area contributed by atoms with Crippen molar-refractivity contribution in [1.29, 1.82) is 0 Å². The Morgan fingerprint density at radius 3 is 2.56 bits per heavy atom. The number of hydrogen-bond acceptors (Lipinski definition) is 3. The number of aliphatic carboxylic acids is 1. The second-order valence-corrected chi connectivity index (χ2v) is 10.2. The molecule has 0 radical (unpaired) electrons. The molecule has 1 aliphatic heterocycles. The van der Waals surface area contributed by atoms with E-state index in [1.54, 1.807) is 18.2 Å². The van der Waals surface area contributed by atoms with E-state index in [2.05, 4.69) is 0 Å². The number of halogens is 3. The number of benzene rings is 3. The quantitative estimate of drug-likeness (QED) is 0.382. The summed E-state index contributed by atoms with van der Waals surface area (Å²) in [6, 6.07) is 17.6. The molecule has 1 heterocycles. The van der Waals surface area contributed by atoms with Crippen LogP contribution in [0.1, 0.15) is 29.2 Å². The Kier molecular flexibility index (Phi) is 7.86. The van der Waals surface area contributed by atoms with Crippen LogP contribution in [-0.4, -0.2) is 40.6 Å². The van der Waals surface area contributed by atoms with Crippen LogP contribution in [0, 0.1) is 5.82 Å². The maximum atomic E-state index is 13.9. The summed E-state index contributed by atoms with van der Waals surface area (Å²) in [7, 11) is 0. The van der Waals surface area contributed by atoms with Crippen molar-refractivity contribution in [3.05, 3.63) is 98.8 Å². The first-order valence-corrected chi connectivity index (χ1v) is 12.3. The van der Waals surface area contributed by atoms with Crippen molar-refractivity contribution in [3.8, 4) is 5.75 Å². The second kappa shape index (κ2) is 10.9. The topological polar surface area (TPSA) is 66.8 Å². The Morgan fingerprint density at radius 2 is 1.83 bits per heavy atom. The maximum Gasteiger partial charge on any atom is 0.323 e. The van der Waals surface area contributed by atoms with Gasteiger partial charge < -0.3 is 14.7 Å². The SMILES string of the molecule is CC1(Cc2ccc(Cl)c(F)c2)Cc2cc(CC(=O)N(CCc3cccc(Cl)c3)CC(=O)O)ccc2O1. The molecule has 0 aliphatic carbocycles. The van der Waals surface area contributed by atoms with Gasteiger partial charge in [0.15, 0.2) is 0 Å². The van der Waals surface area contributed by atoms with E-state index in [0.717, 1.165) is 28.0 Å². The predicted octanol–water partition coefficient (Wildman–Crippen LogP) is 5.77. The van der Waals surface area contributed by atoms with Crippen LogP contribution >= 0.6 is 23.2 Å². The normalized spacial score (nSPS) is 16.3. The molecule has 1 unspecified atom stereocenters. The molecule has 1 N–H and O–H groups in total. The summed E-state index contributed by atoms with van der Waals surface area (Å²) in [5.74, 6) is -1.06. The van der Waals surface area contributed by atoms with Crippen molar-refractivity contribution in [2.24, 2.45) is 0 Å². The van der Waals surface area contributed by atoms with Gasteiger partial charge in [0.25, 0.3) is 0 Å². The number of amides is 1. The van der Waals surface area contributed by atoms with Crippen LogP contribution in [0.5, 0.6) is 5.75 Å². The number of ether oxygens (including phenoxy) is 1. The Bertz CT molecular complexity index is 1300. The first-order valence-electron chi connectivity index (χ1n) is 11.6. The molecule has 0 aromatic heterocycles. The van der Waals surface area contributed by atoms with E-state index in [1.807, 2.05) is 37.3 Å². The smallest absolute Gasteiger partial charge is 0.323 e. The molecule has 4 rings (SSSR count). The van der Waals surface area contributed by atoms with E-state index in [1.165, 1.54) is 17.0 Å². The number of nitrogens with zero attached hydrogens (tertiary/aromatic N) is 1. The molecule has 36 heavy (non-hydrogen) atoms. The van der Waals surface area contributed by atoms with Crippen molar-refractivity contribution >= 4 is 35.1 Å². The third-order valence-corrected chi connectivity index (χ3v) is 6.74. The number of carboxylic acid groups (broad SMARTS) is 1. The average Bonchev–Trinajstić information content (AvgIpc) is 3.13. The number of fused-ring (bicyclic) bond motifs is 1. The predicted molar refractivity (Wildman–Crippen MR) is 137 cm³/mol. The molecule has 1 atom stereocenters. The maximum absolute atomic E-state index is 13.9. The van der Waals surface area contributed by atoms with Gasteiger partial charge in [-0.15, -0.1) is 0 Å². The summed E-state index contributed by atoms with van der Waals surface area (Å²) >= 11 is 11.8. The summed E-state index contributed by atoms with van der Waals surface area (Å²) in [6.45, 7) is 1.87. The van der Waals surface area contributed by atoms with Crippen LogP contribution in [-0.2, 0) is 35.3 Å². The van der Waals surface area contributed by atoms with E-state index in [0.29, 0.717) is 24.3 Å². The van der Waals surface area contributed by atoms with Crippen LogP contribution < -0.4 is 4.74 Å². The minimum absolute atomic E-state index is 0.0786. The largest absolute Gasteiger partial charge is 0.487 e. The van der Waals surface area contributed by atoms with Gasteiger partial charge in [-0.2, -0.15) is 0 Å². The lowest BCUT2D eigenvalue weighted by molar-refractivity contribution is -0.144. The highest BCUT2D eigenvalue weighted by Crippen LogP contribution is 2.38. The molecule has 1 amide bonds. The van der Waals surface area contributed by atoms with Gasteiger partial charge in [-0.1, -0.05) is 53.5 Å². The molecular weight excluding hydrogens is 504 g/mol. The molecule has 8 heteroatoms. The third-order valence-electron chi connectivity index (χ3n) is 6.20. The summed E-state index contributed by atoms with van der Waals surface area (Å²) in [6.07, 6.45) is 1.68. The Hall–Kier alpha value is -3.09. The first kappa shape index (κ1) is 26.0. The van der Waals surface area contributed by atoms with E-state index >= 15 is 0 Å². The summed E-state index contributed by atoms with van der Waals surface area (Å²) in [4.78, 5) is 25.8. The fourth-order valence-electron chi connectivity index (χ4n) is 4.56. The molecule has 5 nitrogen and oxygen atoms in total. The monoisotopic (exact) mass is 529 g/mol. The van der Waals surface area contributed by atoms with Crippen LogP contribution in [0.3, 0.4) is 0 Å². The minimum atomic E-state index is -1.06. The van der Waals surface area contributed by atoms with E-state index in [4.69, 9.17) is 27.9 Å². The molecular formula is C28H26Cl2FNO4. The highest BCUT2D eigenvalue weighted by atomic mass is 35.5. The van der Waals surface area contributed by atoms with Gasteiger partial charge in [0.2, 0.25) is 5.91 Å². The molecule has 0 fully saturated rings. The fraction of sp³-hybridized carbons (Fsp3) is 0.286. The summed E-state index contributed by atoms with van der Waals surface area (Å²) in [5, 5.41) is 9.99. The molecule has 0 spiro atoms. The molecule has 188 valence electrons. The number of carbonyl (C=O) groups excluding carboxylic acids is 1. The second-order valence-electron chi connectivity index (χ2n) is 9.36.